The van der Waals surface area contributed by atoms with Gasteiger partial charge in [0.2, 0.25) is 5.91 Å². The van der Waals surface area contributed by atoms with Crippen molar-refractivity contribution in [2.24, 2.45) is 13.0 Å². The van der Waals surface area contributed by atoms with Crippen molar-refractivity contribution in [3.63, 3.8) is 0 Å². The number of carbonyl (C=O) groups is 2. The van der Waals surface area contributed by atoms with Crippen molar-refractivity contribution < 1.29 is 9.59 Å². The van der Waals surface area contributed by atoms with Gasteiger partial charge >= 0.3 is 6.03 Å². The molecule has 0 unspecified atom stereocenters. The van der Waals surface area contributed by atoms with Crippen molar-refractivity contribution in [1.82, 2.24) is 20.3 Å². The van der Waals surface area contributed by atoms with Gasteiger partial charge in [-0.25, -0.2) is 4.79 Å². The van der Waals surface area contributed by atoms with E-state index < -0.39 is 0 Å². The van der Waals surface area contributed by atoms with Gasteiger partial charge in [0, 0.05) is 38.2 Å². The number of aromatic nitrogens is 3. The van der Waals surface area contributed by atoms with Gasteiger partial charge in [0.25, 0.3) is 0 Å². The molecule has 1 aromatic carbocycles. The lowest BCUT2D eigenvalue weighted by Gasteiger charge is -2.16. The van der Waals surface area contributed by atoms with Crippen molar-refractivity contribution in [2.75, 3.05) is 23.3 Å². The monoisotopic (exact) mass is 314 g/mol. The van der Waals surface area contributed by atoms with E-state index in [1.165, 1.54) is 4.68 Å². The van der Waals surface area contributed by atoms with Gasteiger partial charge < -0.3 is 10.2 Å². The molecule has 23 heavy (non-hydrogen) atoms. The highest BCUT2D eigenvalue weighted by atomic mass is 16.2. The average molecular weight is 314 g/mol. The van der Waals surface area contributed by atoms with Crippen LogP contribution in [-0.2, 0) is 11.8 Å². The van der Waals surface area contributed by atoms with Crippen LogP contribution >= 0.6 is 0 Å². The summed E-state index contributed by atoms with van der Waals surface area (Å²) in [6, 6.07) is 9.20. The summed E-state index contributed by atoms with van der Waals surface area (Å²) in [5.74, 6) is 0.561. The summed E-state index contributed by atoms with van der Waals surface area (Å²) < 4.78 is 1.50. The van der Waals surface area contributed by atoms with Crippen LogP contribution in [0, 0.1) is 5.92 Å². The molecule has 2 heterocycles. The number of hydrogen-bond acceptors (Lipinski definition) is 4. The minimum absolute atomic E-state index is 0.0809. The number of carbonyl (C=O) groups excluding carboxylic acids is 2. The number of benzene rings is 1. The Morgan fingerprint density at radius 1 is 1.35 bits per heavy atom. The summed E-state index contributed by atoms with van der Waals surface area (Å²) in [7, 11) is 1.72. The fourth-order valence-corrected chi connectivity index (χ4v) is 2.58. The minimum atomic E-state index is -0.351. The smallest absolute Gasteiger partial charge is 0.320 e. The van der Waals surface area contributed by atoms with Gasteiger partial charge in [0.1, 0.15) is 0 Å². The lowest BCUT2D eigenvalue weighted by atomic mass is 10.1. The Kier molecular flexibility index (Phi) is 4.22. The highest BCUT2D eigenvalue weighted by molar-refractivity contribution is 5.95. The molecular formula is C15H18N6O2. The molecule has 8 nitrogen and oxygen atoms in total. The van der Waals surface area contributed by atoms with Crippen LogP contribution in [0.15, 0.2) is 36.5 Å². The maximum absolute atomic E-state index is 12.1. The number of hydrogen-bond donors (Lipinski definition) is 2. The Morgan fingerprint density at radius 3 is 2.83 bits per heavy atom. The molecule has 1 aliphatic rings. The Morgan fingerprint density at radius 2 is 2.13 bits per heavy atom. The number of rotatable bonds is 4. The number of urea groups is 1. The number of para-hydroxylation sites is 1. The largest absolute Gasteiger partial charge is 0.337 e. The molecule has 3 rings (SSSR count). The van der Waals surface area contributed by atoms with E-state index in [-0.39, 0.29) is 17.9 Å². The van der Waals surface area contributed by atoms with Crippen molar-refractivity contribution in [3.8, 4) is 0 Å². The molecule has 1 saturated heterocycles. The zero-order valence-electron chi connectivity index (χ0n) is 12.8. The average Bonchev–Trinajstić information content (AvgIpc) is 3.12. The predicted molar refractivity (Wildman–Crippen MR) is 84.9 cm³/mol. The number of nitrogens with zero attached hydrogens (tertiary/aromatic N) is 4. The Balaban J connectivity index is 1.50. The van der Waals surface area contributed by atoms with E-state index in [4.69, 9.17) is 0 Å². The van der Waals surface area contributed by atoms with Gasteiger partial charge in [0.05, 0.1) is 6.20 Å². The van der Waals surface area contributed by atoms with Gasteiger partial charge in [-0.2, -0.15) is 0 Å². The van der Waals surface area contributed by atoms with Crippen LogP contribution in [0.5, 0.6) is 0 Å². The summed E-state index contributed by atoms with van der Waals surface area (Å²) in [5, 5.41) is 12.9. The maximum Gasteiger partial charge on any atom is 0.320 e. The first-order valence-corrected chi connectivity index (χ1v) is 7.38. The van der Waals surface area contributed by atoms with E-state index in [9.17, 15) is 9.59 Å². The van der Waals surface area contributed by atoms with E-state index in [0.29, 0.717) is 25.3 Å². The molecule has 2 aromatic rings. The van der Waals surface area contributed by atoms with Gasteiger partial charge in [-0.1, -0.05) is 23.4 Å². The Bertz CT molecular complexity index is 699. The van der Waals surface area contributed by atoms with Crippen molar-refractivity contribution >= 4 is 23.4 Å². The van der Waals surface area contributed by atoms with Gasteiger partial charge in [-0.15, -0.1) is 5.10 Å². The molecule has 1 aliphatic heterocycles. The van der Waals surface area contributed by atoms with Crippen LogP contribution in [0.2, 0.25) is 0 Å². The Hall–Kier alpha value is -2.90. The molecule has 1 atom stereocenters. The molecular weight excluding hydrogens is 296 g/mol. The Labute approximate surface area is 133 Å². The first-order chi connectivity index (χ1) is 11.1. The molecule has 1 aromatic heterocycles. The first-order valence-electron chi connectivity index (χ1n) is 7.38. The number of nitrogens with one attached hydrogen (secondary N) is 2. The second-order valence-electron chi connectivity index (χ2n) is 5.52. The molecule has 8 heteroatoms. The predicted octanol–water partition coefficient (Wildman–Crippen LogP) is 0.990. The third-order valence-corrected chi connectivity index (χ3v) is 3.67. The maximum atomic E-state index is 12.1. The zero-order valence-corrected chi connectivity index (χ0v) is 12.8. The highest BCUT2D eigenvalue weighted by Crippen LogP contribution is 2.24. The van der Waals surface area contributed by atoms with E-state index in [2.05, 4.69) is 20.9 Å². The standard InChI is InChI=1S/C15H18N6O2/c1-20-10-13(18-19-20)17-15(23)16-8-11-7-14(22)21(9-11)12-5-3-2-4-6-12/h2-6,10-11H,7-9H2,1H3,(H2,16,17,23)/t11-/m0/s1. The van der Waals surface area contributed by atoms with Gasteiger partial charge in [-0.05, 0) is 12.1 Å². The second-order valence-corrected chi connectivity index (χ2v) is 5.52. The molecule has 0 spiro atoms. The van der Waals surface area contributed by atoms with E-state index in [1.54, 1.807) is 18.1 Å². The molecule has 0 aliphatic carbocycles. The van der Waals surface area contributed by atoms with Gasteiger partial charge in [-0.3, -0.25) is 14.8 Å². The lowest BCUT2D eigenvalue weighted by Crippen LogP contribution is -2.34. The molecule has 0 saturated carbocycles. The summed E-state index contributed by atoms with van der Waals surface area (Å²) in [6.07, 6.45) is 2.04. The van der Waals surface area contributed by atoms with Crippen molar-refractivity contribution in [1.29, 1.82) is 0 Å². The fourth-order valence-electron chi connectivity index (χ4n) is 2.58. The third-order valence-electron chi connectivity index (χ3n) is 3.67. The zero-order chi connectivity index (χ0) is 16.2. The number of anilines is 2. The van der Waals surface area contributed by atoms with E-state index >= 15 is 0 Å². The van der Waals surface area contributed by atoms with Crippen LogP contribution < -0.4 is 15.5 Å². The van der Waals surface area contributed by atoms with Crippen LogP contribution in [0.3, 0.4) is 0 Å². The molecule has 0 bridgehead atoms. The minimum Gasteiger partial charge on any atom is -0.337 e. The SMILES string of the molecule is Cn1cc(NC(=O)NC[C@@H]2CC(=O)N(c3ccccc3)C2)nn1. The van der Waals surface area contributed by atoms with Crippen LogP contribution in [0.1, 0.15) is 6.42 Å². The number of amides is 3. The number of aryl methyl sites for hydroxylation is 1. The topological polar surface area (TPSA) is 92.2 Å². The third kappa shape index (κ3) is 3.65. The van der Waals surface area contributed by atoms with Gasteiger partial charge in [0.15, 0.2) is 5.82 Å². The second kappa shape index (κ2) is 6.47. The molecule has 0 radical (unpaired) electrons. The fraction of sp³-hybridized carbons (Fsp3) is 0.333. The summed E-state index contributed by atoms with van der Waals surface area (Å²) >= 11 is 0. The normalized spacial score (nSPS) is 17.3. The highest BCUT2D eigenvalue weighted by Gasteiger charge is 2.30. The van der Waals surface area contributed by atoms with Crippen molar-refractivity contribution in [3.05, 3.63) is 36.5 Å². The summed E-state index contributed by atoms with van der Waals surface area (Å²) in [5.41, 5.74) is 0.893. The van der Waals surface area contributed by atoms with Crippen LogP contribution in [0.4, 0.5) is 16.3 Å². The molecule has 120 valence electrons. The lowest BCUT2D eigenvalue weighted by molar-refractivity contribution is -0.117. The van der Waals surface area contributed by atoms with Crippen LogP contribution in [0.25, 0.3) is 0 Å². The molecule has 2 N–H and O–H groups in total. The van der Waals surface area contributed by atoms with E-state index in [1.807, 2.05) is 30.3 Å². The van der Waals surface area contributed by atoms with E-state index in [0.717, 1.165) is 5.69 Å². The first kappa shape index (κ1) is 15.0. The summed E-state index contributed by atoms with van der Waals surface area (Å²) in [6.45, 7) is 1.04. The summed E-state index contributed by atoms with van der Waals surface area (Å²) in [4.78, 5) is 25.7. The molecule has 3 amide bonds. The van der Waals surface area contributed by atoms with Crippen LogP contribution in [-0.4, -0.2) is 40.0 Å². The quantitative estimate of drug-likeness (QED) is 0.880. The van der Waals surface area contributed by atoms with Crippen molar-refractivity contribution in [2.45, 2.75) is 6.42 Å². The molecule has 1 fully saturated rings.